The Morgan fingerprint density at radius 3 is 2.56 bits per heavy atom. The van der Waals surface area contributed by atoms with E-state index >= 15 is 0 Å². The van der Waals surface area contributed by atoms with Crippen LogP contribution in [0.3, 0.4) is 0 Å². The van der Waals surface area contributed by atoms with Gasteiger partial charge in [-0.2, -0.15) is 0 Å². The van der Waals surface area contributed by atoms with Gasteiger partial charge in [0, 0.05) is 29.1 Å². The van der Waals surface area contributed by atoms with Gasteiger partial charge in [-0.25, -0.2) is 4.79 Å². The van der Waals surface area contributed by atoms with Crippen molar-refractivity contribution in [2.24, 2.45) is 0 Å². The van der Waals surface area contributed by atoms with E-state index in [4.69, 9.17) is 25.5 Å². The van der Waals surface area contributed by atoms with Crippen LogP contribution >= 0.6 is 11.6 Å². The van der Waals surface area contributed by atoms with Gasteiger partial charge in [0.15, 0.2) is 0 Å². The van der Waals surface area contributed by atoms with Crippen molar-refractivity contribution in [2.75, 3.05) is 13.7 Å². The molecule has 5 heteroatoms. The number of benzene rings is 2. The topological polar surface area (TPSA) is 48.7 Å². The van der Waals surface area contributed by atoms with Crippen LogP contribution in [0.5, 0.6) is 11.5 Å². The SMILES string of the molecule is CCCOc1cc(OC)c2cc(Cc3ccc(Cl)cc3)c(=O)oc2c1. The molecule has 4 nitrogen and oxygen atoms in total. The zero-order valence-electron chi connectivity index (χ0n) is 14.2. The summed E-state index contributed by atoms with van der Waals surface area (Å²) in [6.45, 7) is 2.62. The Bertz CT molecular complexity index is 929. The first-order valence-corrected chi connectivity index (χ1v) is 8.50. The van der Waals surface area contributed by atoms with Gasteiger partial charge in [-0.3, -0.25) is 0 Å². The molecule has 0 saturated carbocycles. The summed E-state index contributed by atoms with van der Waals surface area (Å²) in [5, 5.41) is 1.41. The summed E-state index contributed by atoms with van der Waals surface area (Å²) >= 11 is 5.91. The fourth-order valence-electron chi connectivity index (χ4n) is 2.62. The van der Waals surface area contributed by atoms with Crippen molar-refractivity contribution in [1.29, 1.82) is 0 Å². The van der Waals surface area contributed by atoms with E-state index in [0.717, 1.165) is 17.4 Å². The van der Waals surface area contributed by atoms with Crippen molar-refractivity contribution in [3.63, 3.8) is 0 Å². The molecule has 0 unspecified atom stereocenters. The van der Waals surface area contributed by atoms with Crippen molar-refractivity contribution in [3.05, 3.63) is 69.0 Å². The largest absolute Gasteiger partial charge is 0.496 e. The van der Waals surface area contributed by atoms with E-state index in [1.165, 1.54) is 0 Å². The second-order valence-electron chi connectivity index (χ2n) is 5.75. The molecule has 3 aromatic rings. The standard InChI is InChI=1S/C20H19ClO4/c1-3-8-24-16-11-18(23-2)17-10-14(20(22)25-19(17)12-16)9-13-4-6-15(21)7-5-13/h4-7,10-12H,3,8-9H2,1-2H3. The second kappa shape index (κ2) is 7.62. The summed E-state index contributed by atoms with van der Waals surface area (Å²) in [5.74, 6) is 1.24. The Labute approximate surface area is 150 Å². The van der Waals surface area contributed by atoms with Crippen LogP contribution in [-0.4, -0.2) is 13.7 Å². The minimum Gasteiger partial charge on any atom is -0.496 e. The molecule has 1 aromatic heterocycles. The zero-order chi connectivity index (χ0) is 17.8. The molecule has 0 aliphatic heterocycles. The molecule has 0 spiro atoms. The van der Waals surface area contributed by atoms with E-state index in [0.29, 0.717) is 40.7 Å². The monoisotopic (exact) mass is 358 g/mol. The quantitative estimate of drug-likeness (QED) is 0.592. The molecule has 1 heterocycles. The molecule has 3 rings (SSSR count). The molecule has 0 aliphatic carbocycles. The van der Waals surface area contributed by atoms with Crippen LogP contribution in [0.1, 0.15) is 24.5 Å². The van der Waals surface area contributed by atoms with Gasteiger partial charge >= 0.3 is 5.63 Å². The van der Waals surface area contributed by atoms with Crippen molar-refractivity contribution < 1.29 is 13.9 Å². The summed E-state index contributed by atoms with van der Waals surface area (Å²) < 4.78 is 16.6. The maximum absolute atomic E-state index is 12.4. The first-order valence-electron chi connectivity index (χ1n) is 8.12. The number of methoxy groups -OCH3 is 1. The van der Waals surface area contributed by atoms with E-state index in [1.807, 2.05) is 31.2 Å². The average Bonchev–Trinajstić information content (AvgIpc) is 2.62. The molecule has 0 radical (unpaired) electrons. The molecular weight excluding hydrogens is 340 g/mol. The highest BCUT2D eigenvalue weighted by Crippen LogP contribution is 2.31. The van der Waals surface area contributed by atoms with Crippen LogP contribution < -0.4 is 15.1 Å². The smallest absolute Gasteiger partial charge is 0.339 e. The van der Waals surface area contributed by atoms with Gasteiger partial charge in [0.2, 0.25) is 0 Å². The molecule has 0 N–H and O–H groups in total. The number of halogens is 1. The summed E-state index contributed by atoms with van der Waals surface area (Å²) in [7, 11) is 1.59. The highest BCUT2D eigenvalue weighted by atomic mass is 35.5. The number of ether oxygens (including phenoxy) is 2. The van der Waals surface area contributed by atoms with Crippen molar-refractivity contribution in [2.45, 2.75) is 19.8 Å². The molecule has 0 aliphatic rings. The van der Waals surface area contributed by atoms with Gasteiger partial charge < -0.3 is 13.9 Å². The molecule has 2 aromatic carbocycles. The molecule has 0 fully saturated rings. The van der Waals surface area contributed by atoms with Crippen LogP contribution in [0.2, 0.25) is 5.02 Å². The predicted octanol–water partition coefficient (Wildman–Crippen LogP) is 4.83. The molecule has 0 saturated heterocycles. The first kappa shape index (κ1) is 17.4. The van der Waals surface area contributed by atoms with E-state index < -0.39 is 0 Å². The lowest BCUT2D eigenvalue weighted by atomic mass is 10.0. The van der Waals surface area contributed by atoms with Crippen LogP contribution in [0, 0.1) is 0 Å². The summed E-state index contributed by atoms with van der Waals surface area (Å²) in [6.07, 6.45) is 1.36. The summed E-state index contributed by atoms with van der Waals surface area (Å²) in [6, 6.07) is 12.7. The third-order valence-corrected chi connectivity index (χ3v) is 4.11. The van der Waals surface area contributed by atoms with Gasteiger partial charge in [0.1, 0.15) is 17.1 Å². The summed E-state index contributed by atoms with van der Waals surface area (Å²) in [4.78, 5) is 12.4. The molecule has 25 heavy (non-hydrogen) atoms. The molecule has 0 atom stereocenters. The molecule has 0 amide bonds. The van der Waals surface area contributed by atoms with E-state index in [2.05, 4.69) is 0 Å². The normalized spacial score (nSPS) is 10.8. The van der Waals surface area contributed by atoms with Gasteiger partial charge in [0.25, 0.3) is 0 Å². The molecular formula is C20H19ClO4. The first-order chi connectivity index (χ1) is 12.1. The second-order valence-corrected chi connectivity index (χ2v) is 6.18. The highest BCUT2D eigenvalue weighted by Gasteiger charge is 2.12. The fourth-order valence-corrected chi connectivity index (χ4v) is 2.75. The van der Waals surface area contributed by atoms with E-state index in [-0.39, 0.29) is 5.63 Å². The van der Waals surface area contributed by atoms with Crippen LogP contribution in [-0.2, 0) is 6.42 Å². The Kier molecular flexibility index (Phi) is 5.29. The highest BCUT2D eigenvalue weighted by molar-refractivity contribution is 6.30. The third-order valence-electron chi connectivity index (χ3n) is 3.86. The Balaban J connectivity index is 2.02. The lowest BCUT2D eigenvalue weighted by molar-refractivity contribution is 0.314. The van der Waals surface area contributed by atoms with Gasteiger partial charge in [-0.15, -0.1) is 0 Å². The van der Waals surface area contributed by atoms with Crippen LogP contribution in [0.15, 0.2) is 51.7 Å². The number of hydrogen-bond donors (Lipinski definition) is 0. The third kappa shape index (κ3) is 3.97. The fraction of sp³-hybridized carbons (Fsp3) is 0.250. The van der Waals surface area contributed by atoms with Crippen molar-refractivity contribution in [1.82, 2.24) is 0 Å². The number of rotatable bonds is 6. The van der Waals surface area contributed by atoms with Crippen molar-refractivity contribution in [3.8, 4) is 11.5 Å². The van der Waals surface area contributed by atoms with Gasteiger partial charge in [-0.1, -0.05) is 30.7 Å². The lowest BCUT2D eigenvalue weighted by Gasteiger charge is -2.10. The maximum Gasteiger partial charge on any atom is 0.339 e. The Hall–Kier alpha value is -2.46. The van der Waals surface area contributed by atoms with Crippen molar-refractivity contribution >= 4 is 22.6 Å². The van der Waals surface area contributed by atoms with Crippen LogP contribution in [0.25, 0.3) is 11.0 Å². The maximum atomic E-state index is 12.4. The minimum absolute atomic E-state index is 0.364. The zero-order valence-corrected chi connectivity index (χ0v) is 14.9. The van der Waals surface area contributed by atoms with Crippen LogP contribution in [0.4, 0.5) is 0 Å². The molecule has 0 bridgehead atoms. The number of hydrogen-bond acceptors (Lipinski definition) is 4. The average molecular weight is 359 g/mol. The van der Waals surface area contributed by atoms with E-state index in [9.17, 15) is 4.79 Å². The molecule has 130 valence electrons. The Morgan fingerprint density at radius 2 is 1.88 bits per heavy atom. The van der Waals surface area contributed by atoms with Gasteiger partial charge in [-0.05, 0) is 30.2 Å². The Morgan fingerprint density at radius 1 is 1.12 bits per heavy atom. The predicted molar refractivity (Wildman–Crippen MR) is 99.1 cm³/mol. The minimum atomic E-state index is -0.364. The van der Waals surface area contributed by atoms with Gasteiger partial charge in [0.05, 0.1) is 19.1 Å². The lowest BCUT2D eigenvalue weighted by Crippen LogP contribution is -2.08. The summed E-state index contributed by atoms with van der Waals surface area (Å²) in [5.41, 5.74) is 1.64. The number of fused-ring (bicyclic) bond motifs is 1. The van der Waals surface area contributed by atoms with E-state index in [1.54, 1.807) is 25.3 Å².